The molecule has 0 spiro atoms. The molecule has 0 aromatic carbocycles. The van der Waals surface area contributed by atoms with Gasteiger partial charge in [-0.1, -0.05) is 0 Å². The molecular weight excluding hydrogens is 152 g/mol. The SMILES string of the molecule is CC(CN)N(C)Cc1ccco1. The summed E-state index contributed by atoms with van der Waals surface area (Å²) >= 11 is 0. The lowest BCUT2D eigenvalue weighted by molar-refractivity contribution is 0.234. The molecule has 0 saturated carbocycles. The summed E-state index contributed by atoms with van der Waals surface area (Å²) in [4.78, 5) is 2.17. The normalized spacial score (nSPS) is 13.7. The summed E-state index contributed by atoms with van der Waals surface area (Å²) in [5.74, 6) is 0.984. The van der Waals surface area contributed by atoms with Gasteiger partial charge in [-0.2, -0.15) is 0 Å². The predicted octanol–water partition coefficient (Wildman–Crippen LogP) is 1.06. The molecule has 1 aromatic rings. The van der Waals surface area contributed by atoms with E-state index in [1.807, 2.05) is 19.2 Å². The Hall–Kier alpha value is -0.800. The van der Waals surface area contributed by atoms with E-state index in [9.17, 15) is 0 Å². The Morgan fingerprint density at radius 3 is 2.92 bits per heavy atom. The molecular formula is C9H16N2O. The Balaban J connectivity index is 2.41. The van der Waals surface area contributed by atoms with E-state index >= 15 is 0 Å². The van der Waals surface area contributed by atoms with E-state index in [2.05, 4.69) is 11.8 Å². The van der Waals surface area contributed by atoms with Crippen LogP contribution in [0.4, 0.5) is 0 Å². The standard InChI is InChI=1S/C9H16N2O/c1-8(6-10)11(2)7-9-4-3-5-12-9/h3-5,8H,6-7,10H2,1-2H3. The Kier molecular flexibility index (Phi) is 3.31. The number of nitrogens with zero attached hydrogens (tertiary/aromatic N) is 1. The van der Waals surface area contributed by atoms with Gasteiger partial charge in [0, 0.05) is 12.6 Å². The van der Waals surface area contributed by atoms with Crippen LogP contribution in [0.3, 0.4) is 0 Å². The van der Waals surface area contributed by atoms with E-state index in [0.29, 0.717) is 12.6 Å². The monoisotopic (exact) mass is 168 g/mol. The van der Waals surface area contributed by atoms with E-state index in [1.54, 1.807) is 6.26 Å². The third kappa shape index (κ3) is 2.36. The highest BCUT2D eigenvalue weighted by atomic mass is 16.3. The second-order valence-electron chi connectivity index (χ2n) is 3.08. The van der Waals surface area contributed by atoms with Crippen LogP contribution in [0.15, 0.2) is 22.8 Å². The van der Waals surface area contributed by atoms with Gasteiger partial charge in [-0.3, -0.25) is 4.90 Å². The van der Waals surface area contributed by atoms with Gasteiger partial charge < -0.3 is 10.2 Å². The Bertz CT molecular complexity index is 208. The molecule has 3 nitrogen and oxygen atoms in total. The highest BCUT2D eigenvalue weighted by Gasteiger charge is 2.08. The van der Waals surface area contributed by atoms with Crippen molar-refractivity contribution in [1.29, 1.82) is 0 Å². The van der Waals surface area contributed by atoms with E-state index in [0.717, 1.165) is 12.3 Å². The van der Waals surface area contributed by atoms with Crippen LogP contribution < -0.4 is 5.73 Å². The number of furan rings is 1. The maximum atomic E-state index is 5.53. The molecule has 3 heteroatoms. The molecule has 2 N–H and O–H groups in total. The molecule has 12 heavy (non-hydrogen) atoms. The second-order valence-corrected chi connectivity index (χ2v) is 3.08. The summed E-state index contributed by atoms with van der Waals surface area (Å²) < 4.78 is 5.22. The van der Waals surface area contributed by atoms with Crippen molar-refractivity contribution < 1.29 is 4.42 Å². The fourth-order valence-electron chi connectivity index (χ4n) is 0.984. The van der Waals surface area contributed by atoms with Gasteiger partial charge in [-0.25, -0.2) is 0 Å². The van der Waals surface area contributed by atoms with Crippen LogP contribution in [0.1, 0.15) is 12.7 Å². The number of likely N-dealkylation sites (N-methyl/N-ethyl adjacent to an activating group) is 1. The van der Waals surface area contributed by atoms with E-state index in [-0.39, 0.29) is 0 Å². The quantitative estimate of drug-likeness (QED) is 0.731. The fourth-order valence-corrected chi connectivity index (χ4v) is 0.984. The van der Waals surface area contributed by atoms with Gasteiger partial charge >= 0.3 is 0 Å². The topological polar surface area (TPSA) is 42.4 Å². The molecule has 0 fully saturated rings. The minimum Gasteiger partial charge on any atom is -0.468 e. The number of rotatable bonds is 4. The lowest BCUT2D eigenvalue weighted by atomic mass is 10.3. The zero-order valence-corrected chi connectivity index (χ0v) is 7.66. The maximum absolute atomic E-state index is 5.53. The Morgan fingerprint density at radius 1 is 1.67 bits per heavy atom. The Morgan fingerprint density at radius 2 is 2.42 bits per heavy atom. The highest BCUT2D eigenvalue weighted by Crippen LogP contribution is 2.05. The number of hydrogen-bond donors (Lipinski definition) is 1. The van der Waals surface area contributed by atoms with E-state index in [1.165, 1.54) is 0 Å². The average molecular weight is 168 g/mol. The second kappa shape index (κ2) is 4.28. The van der Waals surface area contributed by atoms with Gasteiger partial charge in [0.1, 0.15) is 5.76 Å². The van der Waals surface area contributed by atoms with Crippen molar-refractivity contribution in [3.63, 3.8) is 0 Å². The van der Waals surface area contributed by atoms with Crippen molar-refractivity contribution in [3.05, 3.63) is 24.2 Å². The van der Waals surface area contributed by atoms with Crippen LogP contribution in [0.5, 0.6) is 0 Å². The van der Waals surface area contributed by atoms with Crippen LogP contribution in [-0.2, 0) is 6.54 Å². The molecule has 1 unspecified atom stereocenters. The lowest BCUT2D eigenvalue weighted by Crippen LogP contribution is -2.34. The molecule has 0 radical (unpaired) electrons. The average Bonchev–Trinajstić information content (AvgIpc) is 2.55. The van der Waals surface area contributed by atoms with Crippen molar-refractivity contribution in [2.45, 2.75) is 19.5 Å². The van der Waals surface area contributed by atoms with Gasteiger partial charge in [0.05, 0.1) is 12.8 Å². The van der Waals surface area contributed by atoms with Gasteiger partial charge in [-0.05, 0) is 26.1 Å². The van der Waals surface area contributed by atoms with Gasteiger partial charge in [0.15, 0.2) is 0 Å². The minimum absolute atomic E-state index is 0.398. The zero-order chi connectivity index (χ0) is 8.97. The van der Waals surface area contributed by atoms with Crippen LogP contribution in [-0.4, -0.2) is 24.5 Å². The van der Waals surface area contributed by atoms with Gasteiger partial charge in [-0.15, -0.1) is 0 Å². The third-order valence-electron chi connectivity index (χ3n) is 2.08. The molecule has 1 rings (SSSR count). The van der Waals surface area contributed by atoms with Crippen LogP contribution >= 0.6 is 0 Å². The van der Waals surface area contributed by atoms with Crippen molar-refractivity contribution in [1.82, 2.24) is 4.90 Å². The summed E-state index contributed by atoms with van der Waals surface area (Å²) in [6, 6.07) is 4.27. The first-order chi connectivity index (χ1) is 5.74. The molecule has 68 valence electrons. The summed E-state index contributed by atoms with van der Waals surface area (Å²) in [6.45, 7) is 3.60. The maximum Gasteiger partial charge on any atom is 0.117 e. The molecule has 0 bridgehead atoms. The third-order valence-corrected chi connectivity index (χ3v) is 2.08. The highest BCUT2D eigenvalue weighted by molar-refractivity contribution is 4.97. The van der Waals surface area contributed by atoms with Crippen molar-refractivity contribution in [3.8, 4) is 0 Å². The molecule has 0 aliphatic heterocycles. The fraction of sp³-hybridized carbons (Fsp3) is 0.556. The minimum atomic E-state index is 0.398. The summed E-state index contributed by atoms with van der Waals surface area (Å²) in [7, 11) is 2.04. The molecule has 0 aliphatic rings. The van der Waals surface area contributed by atoms with Crippen molar-refractivity contribution in [2.75, 3.05) is 13.6 Å². The lowest BCUT2D eigenvalue weighted by Gasteiger charge is -2.21. The summed E-state index contributed by atoms with van der Waals surface area (Å²) in [6.07, 6.45) is 1.69. The first kappa shape index (κ1) is 9.29. The molecule has 1 aromatic heterocycles. The van der Waals surface area contributed by atoms with Gasteiger partial charge in [0.2, 0.25) is 0 Å². The largest absolute Gasteiger partial charge is 0.468 e. The van der Waals surface area contributed by atoms with Crippen LogP contribution in [0.25, 0.3) is 0 Å². The molecule has 0 saturated heterocycles. The Labute approximate surface area is 73.2 Å². The molecule has 0 aliphatic carbocycles. The van der Waals surface area contributed by atoms with E-state index in [4.69, 9.17) is 10.2 Å². The number of nitrogens with two attached hydrogens (primary N) is 1. The first-order valence-corrected chi connectivity index (χ1v) is 4.16. The molecule has 1 heterocycles. The van der Waals surface area contributed by atoms with Crippen LogP contribution in [0.2, 0.25) is 0 Å². The first-order valence-electron chi connectivity index (χ1n) is 4.16. The smallest absolute Gasteiger partial charge is 0.117 e. The van der Waals surface area contributed by atoms with E-state index < -0.39 is 0 Å². The summed E-state index contributed by atoms with van der Waals surface area (Å²) in [5, 5.41) is 0. The van der Waals surface area contributed by atoms with Crippen molar-refractivity contribution >= 4 is 0 Å². The zero-order valence-electron chi connectivity index (χ0n) is 7.66. The number of hydrogen-bond acceptors (Lipinski definition) is 3. The molecule has 0 amide bonds. The molecule has 1 atom stereocenters. The van der Waals surface area contributed by atoms with Crippen molar-refractivity contribution in [2.24, 2.45) is 5.73 Å². The van der Waals surface area contributed by atoms with Crippen LogP contribution in [0, 0.1) is 0 Å². The van der Waals surface area contributed by atoms with Gasteiger partial charge in [0.25, 0.3) is 0 Å². The summed E-state index contributed by atoms with van der Waals surface area (Å²) in [5.41, 5.74) is 5.53. The predicted molar refractivity (Wildman–Crippen MR) is 48.7 cm³/mol.